The molecular weight excluding hydrogens is 437 g/mol. The molecule has 0 aliphatic heterocycles. The maximum absolute atomic E-state index is 12.2. The predicted octanol–water partition coefficient (Wildman–Crippen LogP) is 4.65. The fraction of sp³-hybridized carbons (Fsp3) is 0.174. The van der Waals surface area contributed by atoms with Crippen molar-refractivity contribution in [3.8, 4) is 17.2 Å². The second kappa shape index (κ2) is 9.19. The van der Waals surface area contributed by atoms with Gasteiger partial charge in [-0.05, 0) is 55.0 Å². The van der Waals surface area contributed by atoms with E-state index in [0.717, 1.165) is 5.69 Å². The molecule has 0 radical (unpaired) electrons. The zero-order valence-corrected chi connectivity index (χ0v) is 17.5. The lowest BCUT2D eigenvalue weighted by molar-refractivity contribution is -0.274. The Hall–Kier alpha value is -4.08. The Morgan fingerprint density at radius 3 is 2.39 bits per heavy atom. The Balaban J connectivity index is 1.42. The van der Waals surface area contributed by atoms with E-state index in [1.807, 2.05) is 19.1 Å². The van der Waals surface area contributed by atoms with Crippen molar-refractivity contribution < 1.29 is 27.4 Å². The van der Waals surface area contributed by atoms with Gasteiger partial charge >= 0.3 is 6.36 Å². The number of carbonyl (C=O) groups is 1. The smallest absolute Gasteiger partial charge is 0.489 e. The highest BCUT2D eigenvalue weighted by atomic mass is 19.4. The van der Waals surface area contributed by atoms with E-state index in [4.69, 9.17) is 4.74 Å². The van der Waals surface area contributed by atoms with Crippen LogP contribution >= 0.6 is 0 Å². The van der Waals surface area contributed by atoms with Gasteiger partial charge in [-0.15, -0.1) is 13.2 Å². The molecule has 2 aromatic carbocycles. The molecule has 2 heterocycles. The van der Waals surface area contributed by atoms with Crippen LogP contribution in [0.3, 0.4) is 0 Å². The number of halogens is 3. The summed E-state index contributed by atoms with van der Waals surface area (Å²) in [7, 11) is 0. The van der Waals surface area contributed by atoms with Crippen molar-refractivity contribution in [2.24, 2.45) is 0 Å². The summed E-state index contributed by atoms with van der Waals surface area (Å²) in [5, 5.41) is 2.73. The van der Waals surface area contributed by atoms with E-state index in [1.165, 1.54) is 30.5 Å². The standard InChI is InChI=1S/C23H19F3N4O3/c1-2-27-22(31)16-11-20-21(28-12-16)30(14-29-20)17-5-9-18(10-6-17)32-13-15-3-7-19(8-4-15)33-23(24,25)26/h3-12,14H,2,13H2,1H3,(H,27,31). The molecule has 10 heteroatoms. The maximum Gasteiger partial charge on any atom is 0.573 e. The summed E-state index contributed by atoms with van der Waals surface area (Å²) in [5.74, 6) is 0.102. The minimum Gasteiger partial charge on any atom is -0.489 e. The fourth-order valence-electron chi connectivity index (χ4n) is 3.13. The van der Waals surface area contributed by atoms with Gasteiger partial charge in [0, 0.05) is 18.4 Å². The highest BCUT2D eigenvalue weighted by Gasteiger charge is 2.30. The largest absolute Gasteiger partial charge is 0.573 e. The van der Waals surface area contributed by atoms with Gasteiger partial charge in [-0.1, -0.05) is 12.1 Å². The van der Waals surface area contributed by atoms with Gasteiger partial charge in [-0.25, -0.2) is 9.97 Å². The molecule has 1 amide bonds. The van der Waals surface area contributed by atoms with E-state index >= 15 is 0 Å². The number of imidazole rings is 1. The van der Waals surface area contributed by atoms with Crippen LogP contribution in [-0.4, -0.2) is 33.3 Å². The molecule has 33 heavy (non-hydrogen) atoms. The van der Waals surface area contributed by atoms with Crippen molar-refractivity contribution in [1.29, 1.82) is 0 Å². The molecule has 4 aromatic rings. The van der Waals surface area contributed by atoms with Crippen molar-refractivity contribution in [2.45, 2.75) is 19.9 Å². The van der Waals surface area contributed by atoms with Crippen LogP contribution < -0.4 is 14.8 Å². The number of fused-ring (bicyclic) bond motifs is 1. The molecule has 0 aliphatic rings. The molecule has 1 N–H and O–H groups in total. The Morgan fingerprint density at radius 1 is 1.03 bits per heavy atom. The molecule has 0 bridgehead atoms. The summed E-state index contributed by atoms with van der Waals surface area (Å²) >= 11 is 0. The van der Waals surface area contributed by atoms with Crippen molar-refractivity contribution in [2.75, 3.05) is 6.54 Å². The molecule has 0 saturated carbocycles. The number of rotatable bonds is 7. The van der Waals surface area contributed by atoms with Crippen LogP contribution in [0.25, 0.3) is 16.9 Å². The molecule has 0 unspecified atom stereocenters. The van der Waals surface area contributed by atoms with Gasteiger partial charge in [0.15, 0.2) is 5.65 Å². The van der Waals surface area contributed by atoms with Crippen molar-refractivity contribution in [3.05, 3.63) is 78.2 Å². The second-order valence-corrected chi connectivity index (χ2v) is 7.02. The number of benzene rings is 2. The van der Waals surface area contributed by atoms with Crippen LogP contribution in [0.15, 0.2) is 67.1 Å². The first kappa shape index (κ1) is 22.1. The number of alkyl halides is 3. The van der Waals surface area contributed by atoms with Crippen LogP contribution in [0.2, 0.25) is 0 Å². The van der Waals surface area contributed by atoms with E-state index in [2.05, 4.69) is 20.0 Å². The zero-order chi connectivity index (χ0) is 23.4. The van der Waals surface area contributed by atoms with Gasteiger partial charge in [0.2, 0.25) is 0 Å². The lowest BCUT2D eigenvalue weighted by Gasteiger charge is -2.10. The highest BCUT2D eigenvalue weighted by Crippen LogP contribution is 2.24. The first-order valence-corrected chi connectivity index (χ1v) is 10.0. The summed E-state index contributed by atoms with van der Waals surface area (Å²) in [6.45, 7) is 2.55. The lowest BCUT2D eigenvalue weighted by atomic mass is 10.2. The van der Waals surface area contributed by atoms with Crippen molar-refractivity contribution >= 4 is 17.1 Å². The molecule has 0 fully saturated rings. The van der Waals surface area contributed by atoms with Gasteiger partial charge < -0.3 is 14.8 Å². The molecule has 7 nitrogen and oxygen atoms in total. The van der Waals surface area contributed by atoms with E-state index in [-0.39, 0.29) is 18.3 Å². The molecule has 4 rings (SSSR count). The van der Waals surface area contributed by atoms with Crippen LogP contribution in [0, 0.1) is 0 Å². The number of hydrogen-bond acceptors (Lipinski definition) is 5. The Bertz CT molecular complexity index is 1250. The number of ether oxygens (including phenoxy) is 2. The summed E-state index contributed by atoms with van der Waals surface area (Å²) in [6, 6.07) is 14.4. The monoisotopic (exact) mass is 456 g/mol. The van der Waals surface area contributed by atoms with E-state index < -0.39 is 6.36 Å². The number of amides is 1. The third-order valence-corrected chi connectivity index (χ3v) is 4.66. The number of hydrogen-bond donors (Lipinski definition) is 1. The highest BCUT2D eigenvalue weighted by molar-refractivity contribution is 5.96. The van der Waals surface area contributed by atoms with Gasteiger partial charge in [0.05, 0.1) is 5.56 Å². The van der Waals surface area contributed by atoms with Crippen LogP contribution in [0.4, 0.5) is 13.2 Å². The summed E-state index contributed by atoms with van der Waals surface area (Å²) in [5.41, 5.74) is 3.14. The SMILES string of the molecule is CCNC(=O)c1cnc2c(c1)ncn2-c1ccc(OCc2ccc(OC(F)(F)F)cc2)cc1. The number of nitrogens with one attached hydrogen (secondary N) is 1. The predicted molar refractivity (Wildman–Crippen MR) is 114 cm³/mol. The van der Waals surface area contributed by atoms with Crippen LogP contribution in [-0.2, 0) is 6.61 Å². The molecule has 0 aliphatic carbocycles. The van der Waals surface area contributed by atoms with E-state index in [1.54, 1.807) is 29.1 Å². The minimum atomic E-state index is -4.72. The normalized spacial score (nSPS) is 11.4. The maximum atomic E-state index is 12.2. The second-order valence-electron chi connectivity index (χ2n) is 7.02. The van der Waals surface area contributed by atoms with Crippen LogP contribution in [0.1, 0.15) is 22.8 Å². The number of nitrogens with zero attached hydrogens (tertiary/aromatic N) is 3. The fourth-order valence-corrected chi connectivity index (χ4v) is 3.13. The molecule has 2 aromatic heterocycles. The number of aromatic nitrogens is 3. The van der Waals surface area contributed by atoms with E-state index in [0.29, 0.717) is 34.6 Å². The molecule has 0 spiro atoms. The molecule has 0 atom stereocenters. The molecular formula is C23H19F3N4O3. The average molecular weight is 456 g/mol. The van der Waals surface area contributed by atoms with Gasteiger partial charge in [-0.2, -0.15) is 0 Å². The Kier molecular flexibility index (Phi) is 6.16. The molecule has 170 valence electrons. The first-order valence-electron chi connectivity index (χ1n) is 10.0. The average Bonchev–Trinajstić information content (AvgIpc) is 3.21. The third kappa shape index (κ3) is 5.40. The van der Waals surface area contributed by atoms with Gasteiger partial charge in [0.1, 0.15) is 29.9 Å². The van der Waals surface area contributed by atoms with E-state index in [9.17, 15) is 18.0 Å². The zero-order valence-electron chi connectivity index (χ0n) is 17.5. The van der Waals surface area contributed by atoms with Crippen molar-refractivity contribution in [3.63, 3.8) is 0 Å². The van der Waals surface area contributed by atoms with Gasteiger partial charge in [0.25, 0.3) is 5.91 Å². The molecule has 0 saturated heterocycles. The quantitative estimate of drug-likeness (QED) is 0.438. The number of pyridine rings is 1. The van der Waals surface area contributed by atoms with Gasteiger partial charge in [-0.3, -0.25) is 9.36 Å². The summed E-state index contributed by atoms with van der Waals surface area (Å²) in [6.07, 6.45) is -1.59. The lowest BCUT2D eigenvalue weighted by Crippen LogP contribution is -2.22. The number of carbonyl (C=O) groups excluding carboxylic acids is 1. The topological polar surface area (TPSA) is 78.3 Å². The minimum absolute atomic E-state index is 0.184. The Morgan fingerprint density at radius 2 is 1.73 bits per heavy atom. The first-order chi connectivity index (χ1) is 15.8. The van der Waals surface area contributed by atoms with Crippen molar-refractivity contribution in [1.82, 2.24) is 19.9 Å². The van der Waals surface area contributed by atoms with Crippen LogP contribution in [0.5, 0.6) is 11.5 Å². The summed E-state index contributed by atoms with van der Waals surface area (Å²) in [4.78, 5) is 20.7. The Labute approximate surface area is 186 Å². The summed E-state index contributed by atoms with van der Waals surface area (Å²) < 4.78 is 48.1. The third-order valence-electron chi connectivity index (χ3n) is 4.66.